The molecule has 0 aromatic carbocycles. The van der Waals surface area contributed by atoms with Crippen molar-refractivity contribution in [1.29, 1.82) is 0 Å². The maximum absolute atomic E-state index is 11.6. The van der Waals surface area contributed by atoms with E-state index in [9.17, 15) is 4.79 Å². The lowest BCUT2D eigenvalue weighted by Gasteiger charge is -2.41. The number of carbonyl (C=O) groups excluding carboxylic acids is 1. The van der Waals surface area contributed by atoms with Crippen LogP contribution in [0.3, 0.4) is 0 Å². The van der Waals surface area contributed by atoms with Crippen LogP contribution in [0.15, 0.2) is 6.08 Å². The molecule has 2 atom stereocenters. The number of ether oxygens (including phenoxy) is 2. The Morgan fingerprint density at radius 1 is 1.38 bits per heavy atom. The van der Waals surface area contributed by atoms with Gasteiger partial charge in [-0.1, -0.05) is 32.3 Å². The summed E-state index contributed by atoms with van der Waals surface area (Å²) in [6.45, 7) is 6.63. The predicted molar refractivity (Wildman–Crippen MR) is 101 cm³/mol. The number of aromatic nitrogens is 2. The summed E-state index contributed by atoms with van der Waals surface area (Å²) in [4.78, 5) is 11.6. The average molecular weight is 385 g/mol. The maximum Gasteiger partial charge on any atom is 0.366 e. The minimum Gasteiger partial charge on any atom is -0.475 e. The predicted octanol–water partition coefficient (Wildman–Crippen LogP) is 1.86. The summed E-state index contributed by atoms with van der Waals surface area (Å²) in [5.74, 6) is 0.369. The minimum atomic E-state index is -0.264. The molecule has 0 amide bonds. The van der Waals surface area contributed by atoms with Crippen molar-refractivity contribution >= 4 is 23.3 Å². The maximum atomic E-state index is 11.6. The van der Waals surface area contributed by atoms with Crippen molar-refractivity contribution in [2.75, 3.05) is 33.3 Å². The van der Waals surface area contributed by atoms with E-state index in [2.05, 4.69) is 34.5 Å². The van der Waals surface area contributed by atoms with E-state index in [4.69, 9.17) is 9.47 Å². The molecule has 3 N–H and O–H groups in total. The highest BCUT2D eigenvalue weighted by Gasteiger charge is 2.36. The zero-order valence-electron chi connectivity index (χ0n) is 16.2. The van der Waals surface area contributed by atoms with Gasteiger partial charge in [-0.3, -0.25) is 4.48 Å². The number of likely N-dealkylation sites (N-methyl/N-ethyl adjacent to an activating group) is 1. The van der Waals surface area contributed by atoms with E-state index in [0.29, 0.717) is 17.0 Å². The third kappa shape index (κ3) is 5.49. The van der Waals surface area contributed by atoms with Crippen molar-refractivity contribution in [3.05, 3.63) is 11.8 Å². The molecule has 0 bridgehead atoms. The number of carbonyl (C=O) groups is 1. The topological polar surface area (TPSA) is 89.0 Å². The summed E-state index contributed by atoms with van der Waals surface area (Å²) in [6.07, 6.45) is 7.55. The molecule has 1 aliphatic rings. The summed E-state index contributed by atoms with van der Waals surface area (Å²) < 4.78 is 20.8. The molecule has 0 saturated carbocycles. The van der Waals surface area contributed by atoms with Gasteiger partial charge in [0.05, 0.1) is 31.9 Å². The Labute approximate surface area is 160 Å². The number of rotatable bonds is 10. The van der Waals surface area contributed by atoms with E-state index in [1.807, 2.05) is 6.92 Å². The Morgan fingerprint density at radius 3 is 2.92 bits per heavy atom. The summed E-state index contributed by atoms with van der Waals surface area (Å²) >= 11 is 1.18. The standard InChI is InChI=1S/C18H31N4O3S/c1-4-5-6-7-11-24-18-17(20-26-21-18)15-9-8-10-22(3,13-15)14(2)25-16(23)12-19/h9,14H,4-8,10-13,19H2,1-3H3/q+1/p+1. The number of unbranched alkanes of at least 4 members (excludes halogenated alkanes) is 3. The van der Waals surface area contributed by atoms with E-state index >= 15 is 0 Å². The molecule has 1 aromatic heterocycles. The van der Waals surface area contributed by atoms with Crippen LogP contribution in [-0.2, 0) is 9.53 Å². The molecule has 0 radical (unpaired) electrons. The number of esters is 1. The second-order valence-corrected chi connectivity index (χ2v) is 7.57. The molecule has 0 spiro atoms. The Hall–Kier alpha value is -1.51. The van der Waals surface area contributed by atoms with Crippen molar-refractivity contribution in [2.45, 2.75) is 52.2 Å². The van der Waals surface area contributed by atoms with Crippen LogP contribution >= 0.6 is 11.7 Å². The lowest BCUT2D eigenvalue weighted by Crippen LogP contribution is -2.59. The van der Waals surface area contributed by atoms with Crippen LogP contribution in [-0.4, -0.2) is 58.7 Å². The van der Waals surface area contributed by atoms with Gasteiger partial charge in [0, 0.05) is 18.9 Å². The molecule has 2 rings (SSSR count). The monoisotopic (exact) mass is 384 g/mol. The largest absolute Gasteiger partial charge is 0.475 e. The van der Waals surface area contributed by atoms with Gasteiger partial charge < -0.3 is 15.2 Å². The number of nitrogens with zero attached hydrogens (tertiary/aromatic N) is 3. The zero-order chi connectivity index (χ0) is 19.0. The molecule has 8 heteroatoms. The van der Waals surface area contributed by atoms with Gasteiger partial charge in [-0.15, -0.1) is 4.37 Å². The van der Waals surface area contributed by atoms with Gasteiger partial charge in [0.2, 0.25) is 6.23 Å². The molecule has 1 aliphatic heterocycles. The highest BCUT2D eigenvalue weighted by molar-refractivity contribution is 6.99. The van der Waals surface area contributed by atoms with E-state index in [1.54, 1.807) is 0 Å². The number of quaternary nitrogens is 2. The van der Waals surface area contributed by atoms with Gasteiger partial charge >= 0.3 is 5.97 Å². The Kier molecular flexibility index (Phi) is 7.99. The highest BCUT2D eigenvalue weighted by atomic mass is 32.1. The fourth-order valence-corrected chi connectivity index (χ4v) is 3.62. The van der Waals surface area contributed by atoms with Crippen molar-refractivity contribution in [2.24, 2.45) is 0 Å². The average Bonchev–Trinajstić information content (AvgIpc) is 3.10. The van der Waals surface area contributed by atoms with Gasteiger partial charge in [0.25, 0.3) is 5.88 Å². The normalized spacial score (nSPS) is 21.2. The molecule has 0 fully saturated rings. The van der Waals surface area contributed by atoms with Crippen LogP contribution in [0.2, 0.25) is 0 Å². The zero-order valence-corrected chi connectivity index (χ0v) is 17.0. The van der Waals surface area contributed by atoms with Crippen molar-refractivity contribution in [3.63, 3.8) is 0 Å². The second-order valence-electron chi connectivity index (χ2n) is 7.05. The van der Waals surface area contributed by atoms with Crippen molar-refractivity contribution in [3.8, 4) is 5.88 Å². The van der Waals surface area contributed by atoms with E-state index in [0.717, 1.165) is 37.2 Å². The SMILES string of the molecule is CCCCCCOc1nsnc1C1=CCC[N+](C)(C(C)OC(=O)C[NH3+])C1. The Balaban J connectivity index is 2.00. The first-order valence-corrected chi connectivity index (χ1v) is 10.2. The quantitative estimate of drug-likeness (QED) is 0.378. The van der Waals surface area contributed by atoms with Gasteiger partial charge in [0.15, 0.2) is 6.54 Å². The summed E-state index contributed by atoms with van der Waals surface area (Å²) in [5.41, 5.74) is 5.55. The first-order valence-electron chi connectivity index (χ1n) is 9.48. The summed E-state index contributed by atoms with van der Waals surface area (Å²) in [6, 6.07) is 0. The van der Waals surface area contributed by atoms with E-state index in [-0.39, 0.29) is 18.7 Å². The third-order valence-corrected chi connectivity index (χ3v) is 5.46. The van der Waals surface area contributed by atoms with Crippen LogP contribution in [0.5, 0.6) is 5.88 Å². The molecule has 0 aliphatic carbocycles. The summed E-state index contributed by atoms with van der Waals surface area (Å²) in [5, 5.41) is 0. The van der Waals surface area contributed by atoms with Crippen LogP contribution in [0, 0.1) is 0 Å². The molecule has 26 heavy (non-hydrogen) atoms. The molecule has 2 unspecified atom stereocenters. The Bertz CT molecular complexity index is 619. The lowest BCUT2D eigenvalue weighted by molar-refractivity contribution is -0.944. The smallest absolute Gasteiger partial charge is 0.366 e. The third-order valence-electron chi connectivity index (χ3n) is 4.95. The van der Waals surface area contributed by atoms with Crippen LogP contribution in [0.25, 0.3) is 5.57 Å². The second kappa shape index (κ2) is 9.99. The minimum absolute atomic E-state index is 0.152. The van der Waals surface area contributed by atoms with Crippen LogP contribution < -0.4 is 10.5 Å². The van der Waals surface area contributed by atoms with Crippen LogP contribution in [0.1, 0.15) is 51.6 Å². The van der Waals surface area contributed by atoms with Gasteiger partial charge in [-0.05, 0) is 6.42 Å². The molecule has 146 valence electrons. The van der Waals surface area contributed by atoms with Crippen molar-refractivity contribution in [1.82, 2.24) is 8.75 Å². The van der Waals surface area contributed by atoms with E-state index in [1.165, 1.54) is 31.0 Å². The van der Waals surface area contributed by atoms with Gasteiger partial charge in [0.1, 0.15) is 12.2 Å². The summed E-state index contributed by atoms with van der Waals surface area (Å²) in [7, 11) is 2.11. The molecule has 0 saturated heterocycles. The fraction of sp³-hybridized carbons (Fsp3) is 0.722. The molecular weight excluding hydrogens is 352 g/mol. The first kappa shape index (κ1) is 20.8. The molecule has 2 heterocycles. The highest BCUT2D eigenvalue weighted by Crippen LogP contribution is 2.31. The molecule has 7 nitrogen and oxygen atoms in total. The number of hydrogen-bond acceptors (Lipinski definition) is 6. The van der Waals surface area contributed by atoms with Crippen LogP contribution in [0.4, 0.5) is 0 Å². The Morgan fingerprint density at radius 2 is 2.19 bits per heavy atom. The van der Waals surface area contributed by atoms with E-state index < -0.39 is 0 Å². The lowest BCUT2D eigenvalue weighted by atomic mass is 10.0. The molecular formula is C18H32N4O3S+2. The van der Waals surface area contributed by atoms with Gasteiger partial charge in [-0.2, -0.15) is 4.37 Å². The van der Waals surface area contributed by atoms with Gasteiger partial charge in [-0.25, -0.2) is 4.79 Å². The number of hydrogen-bond donors (Lipinski definition) is 1. The van der Waals surface area contributed by atoms with Crippen molar-refractivity contribution < 1.29 is 24.5 Å². The molecule has 1 aromatic rings. The fourth-order valence-electron chi connectivity index (χ4n) is 3.09. The first-order chi connectivity index (χ1) is 12.5.